The fourth-order valence-electron chi connectivity index (χ4n) is 4.61. The van der Waals surface area contributed by atoms with E-state index >= 15 is 0 Å². The first-order valence-electron chi connectivity index (χ1n) is 12.3. The topological polar surface area (TPSA) is 52.5 Å². The van der Waals surface area contributed by atoms with E-state index in [2.05, 4.69) is 66.6 Å². The summed E-state index contributed by atoms with van der Waals surface area (Å²) in [6.45, 7) is 12.4. The molecule has 1 atom stereocenters. The first-order valence-corrected chi connectivity index (χ1v) is 12.3. The van der Waals surface area contributed by atoms with Gasteiger partial charge in [0.1, 0.15) is 5.82 Å². The molecule has 0 radical (unpaired) electrons. The number of rotatable bonds is 9. The van der Waals surface area contributed by atoms with Gasteiger partial charge in [-0.3, -0.25) is 4.90 Å². The summed E-state index contributed by atoms with van der Waals surface area (Å²) in [7, 11) is 0. The summed E-state index contributed by atoms with van der Waals surface area (Å²) in [6.07, 6.45) is 4.02. The number of piperazine rings is 1. The zero-order valence-corrected chi connectivity index (χ0v) is 20.5. The third kappa shape index (κ3) is 5.91. The largest absolute Gasteiger partial charge is 0.392 e. The molecule has 0 saturated carbocycles. The first-order chi connectivity index (χ1) is 16.5. The molecule has 1 aliphatic heterocycles. The third-order valence-corrected chi connectivity index (χ3v) is 6.70. The highest BCUT2D eigenvalue weighted by Crippen LogP contribution is 2.29. The SMILES string of the molecule is C=CCCC(O)CN1CCN(c2nc(-c3ccccc3)nc(C)c2Cc2ccccc2C)CC1. The van der Waals surface area contributed by atoms with Gasteiger partial charge < -0.3 is 10.0 Å². The molecule has 0 amide bonds. The Morgan fingerprint density at radius 3 is 2.38 bits per heavy atom. The van der Waals surface area contributed by atoms with Crippen LogP contribution in [0.1, 0.15) is 35.2 Å². The zero-order chi connectivity index (χ0) is 23.9. The molecule has 1 N–H and O–H groups in total. The Balaban J connectivity index is 1.60. The van der Waals surface area contributed by atoms with Crippen molar-refractivity contribution in [1.29, 1.82) is 0 Å². The Morgan fingerprint density at radius 1 is 0.971 bits per heavy atom. The van der Waals surface area contributed by atoms with Crippen molar-refractivity contribution in [2.75, 3.05) is 37.6 Å². The van der Waals surface area contributed by atoms with Crippen LogP contribution in [0.4, 0.5) is 5.82 Å². The van der Waals surface area contributed by atoms with E-state index in [-0.39, 0.29) is 6.10 Å². The fraction of sp³-hybridized carbons (Fsp3) is 0.379. The van der Waals surface area contributed by atoms with Crippen LogP contribution in [0.2, 0.25) is 0 Å². The van der Waals surface area contributed by atoms with Crippen molar-refractivity contribution in [3.8, 4) is 11.4 Å². The molecular weight excluding hydrogens is 420 g/mol. The fourth-order valence-corrected chi connectivity index (χ4v) is 4.61. The number of anilines is 1. The molecule has 1 unspecified atom stereocenters. The molecule has 2 aromatic carbocycles. The average molecular weight is 457 g/mol. The molecule has 4 rings (SSSR count). The maximum absolute atomic E-state index is 10.3. The molecule has 0 aliphatic carbocycles. The van der Waals surface area contributed by atoms with Crippen LogP contribution >= 0.6 is 0 Å². The van der Waals surface area contributed by atoms with Crippen molar-refractivity contribution in [2.45, 2.75) is 39.2 Å². The summed E-state index contributed by atoms with van der Waals surface area (Å²) >= 11 is 0. The Bertz CT molecular complexity index is 1090. The number of hydrogen-bond acceptors (Lipinski definition) is 5. The van der Waals surface area contributed by atoms with Crippen LogP contribution in [-0.2, 0) is 6.42 Å². The number of aliphatic hydroxyl groups is 1. The van der Waals surface area contributed by atoms with E-state index in [1.165, 1.54) is 16.7 Å². The van der Waals surface area contributed by atoms with E-state index in [0.29, 0.717) is 0 Å². The summed E-state index contributed by atoms with van der Waals surface area (Å²) in [6, 6.07) is 18.8. The van der Waals surface area contributed by atoms with Crippen molar-refractivity contribution >= 4 is 5.82 Å². The Morgan fingerprint density at radius 2 is 1.68 bits per heavy atom. The van der Waals surface area contributed by atoms with E-state index < -0.39 is 0 Å². The molecule has 1 aliphatic rings. The molecular formula is C29H36N4O. The molecule has 0 spiro atoms. The smallest absolute Gasteiger partial charge is 0.161 e. The van der Waals surface area contributed by atoms with Gasteiger partial charge in [-0.1, -0.05) is 60.7 Å². The molecule has 1 aromatic heterocycles. The van der Waals surface area contributed by atoms with Gasteiger partial charge in [0.2, 0.25) is 0 Å². The summed E-state index contributed by atoms with van der Waals surface area (Å²) in [5.41, 5.74) is 5.88. The lowest BCUT2D eigenvalue weighted by molar-refractivity contribution is 0.103. The van der Waals surface area contributed by atoms with Crippen LogP contribution in [0.15, 0.2) is 67.3 Å². The normalized spacial score (nSPS) is 15.3. The molecule has 0 bridgehead atoms. The molecule has 3 aromatic rings. The Kier molecular flexibility index (Phi) is 8.09. The number of aliphatic hydroxyl groups excluding tert-OH is 1. The number of benzene rings is 2. The second-order valence-electron chi connectivity index (χ2n) is 9.21. The predicted molar refractivity (Wildman–Crippen MR) is 140 cm³/mol. The average Bonchev–Trinajstić information content (AvgIpc) is 2.86. The molecule has 1 saturated heterocycles. The van der Waals surface area contributed by atoms with Gasteiger partial charge in [0.05, 0.1) is 6.10 Å². The van der Waals surface area contributed by atoms with Crippen molar-refractivity contribution < 1.29 is 5.11 Å². The van der Waals surface area contributed by atoms with Gasteiger partial charge in [0.15, 0.2) is 5.82 Å². The van der Waals surface area contributed by atoms with Crippen LogP contribution < -0.4 is 4.90 Å². The second-order valence-corrected chi connectivity index (χ2v) is 9.21. The van der Waals surface area contributed by atoms with Crippen LogP contribution in [0.5, 0.6) is 0 Å². The zero-order valence-electron chi connectivity index (χ0n) is 20.5. The van der Waals surface area contributed by atoms with Crippen LogP contribution in [-0.4, -0.2) is 58.8 Å². The van der Waals surface area contributed by atoms with Gasteiger partial charge in [-0.25, -0.2) is 9.97 Å². The second kappa shape index (κ2) is 11.4. The third-order valence-electron chi connectivity index (χ3n) is 6.70. The molecule has 34 heavy (non-hydrogen) atoms. The van der Waals surface area contributed by atoms with E-state index in [0.717, 1.165) is 74.9 Å². The highest BCUT2D eigenvalue weighted by molar-refractivity contribution is 5.61. The van der Waals surface area contributed by atoms with Gasteiger partial charge in [-0.2, -0.15) is 0 Å². The molecule has 5 heteroatoms. The maximum Gasteiger partial charge on any atom is 0.161 e. The number of β-amino-alcohol motifs (C(OH)–C–C–N with tert-alkyl or cyclic N) is 1. The van der Waals surface area contributed by atoms with E-state index in [9.17, 15) is 5.11 Å². The summed E-state index contributed by atoms with van der Waals surface area (Å²) in [4.78, 5) is 14.8. The summed E-state index contributed by atoms with van der Waals surface area (Å²) < 4.78 is 0. The minimum absolute atomic E-state index is 0.299. The predicted octanol–water partition coefficient (Wildman–Crippen LogP) is 4.80. The quantitative estimate of drug-likeness (QED) is 0.469. The van der Waals surface area contributed by atoms with Crippen molar-refractivity contribution in [2.24, 2.45) is 0 Å². The Hall–Kier alpha value is -3.02. The van der Waals surface area contributed by atoms with Crippen molar-refractivity contribution in [3.05, 3.63) is 89.6 Å². The van der Waals surface area contributed by atoms with Crippen molar-refractivity contribution in [1.82, 2.24) is 14.9 Å². The lowest BCUT2D eigenvalue weighted by Crippen LogP contribution is -2.49. The van der Waals surface area contributed by atoms with Crippen LogP contribution in [0, 0.1) is 13.8 Å². The van der Waals surface area contributed by atoms with E-state index in [1.54, 1.807) is 0 Å². The highest BCUT2D eigenvalue weighted by Gasteiger charge is 2.24. The number of allylic oxidation sites excluding steroid dienone is 1. The highest BCUT2D eigenvalue weighted by atomic mass is 16.3. The minimum Gasteiger partial charge on any atom is -0.392 e. The number of nitrogens with zero attached hydrogens (tertiary/aromatic N) is 4. The minimum atomic E-state index is -0.299. The maximum atomic E-state index is 10.3. The van der Waals surface area contributed by atoms with Crippen LogP contribution in [0.25, 0.3) is 11.4 Å². The first kappa shape index (κ1) is 24.1. The van der Waals surface area contributed by atoms with Gasteiger partial charge in [0, 0.05) is 56.0 Å². The number of aryl methyl sites for hydroxylation is 2. The lowest BCUT2D eigenvalue weighted by atomic mass is 9.99. The van der Waals surface area contributed by atoms with Gasteiger partial charge in [-0.05, 0) is 37.8 Å². The standard InChI is InChI=1S/C29H36N4O/c1-4-5-15-26(34)21-32-16-18-33(19-17-32)29-27(20-25-14-10-9-11-22(25)2)23(3)30-28(31-29)24-12-7-6-8-13-24/h4,6-14,26,34H,1,5,15-21H2,2-3H3. The summed E-state index contributed by atoms with van der Waals surface area (Å²) in [5, 5.41) is 10.3. The monoisotopic (exact) mass is 456 g/mol. The van der Waals surface area contributed by atoms with E-state index in [4.69, 9.17) is 9.97 Å². The summed E-state index contributed by atoms with van der Waals surface area (Å²) in [5.74, 6) is 1.82. The van der Waals surface area contributed by atoms with Crippen molar-refractivity contribution in [3.63, 3.8) is 0 Å². The van der Waals surface area contributed by atoms with Gasteiger partial charge in [-0.15, -0.1) is 6.58 Å². The molecule has 178 valence electrons. The van der Waals surface area contributed by atoms with Crippen LogP contribution in [0.3, 0.4) is 0 Å². The molecule has 5 nitrogen and oxygen atoms in total. The molecule has 1 fully saturated rings. The van der Waals surface area contributed by atoms with E-state index in [1.807, 2.05) is 24.3 Å². The number of hydrogen-bond donors (Lipinski definition) is 1. The number of aromatic nitrogens is 2. The lowest BCUT2D eigenvalue weighted by Gasteiger charge is -2.37. The molecule has 2 heterocycles. The van der Waals surface area contributed by atoms with Gasteiger partial charge in [0.25, 0.3) is 0 Å². The Labute approximate surface area is 203 Å². The van der Waals surface area contributed by atoms with Gasteiger partial charge >= 0.3 is 0 Å².